The highest BCUT2D eigenvalue weighted by atomic mass is 35.5. The highest BCUT2D eigenvalue weighted by Gasteiger charge is 2.26. The molecule has 27 heavy (non-hydrogen) atoms. The Kier molecular flexibility index (Phi) is 4.83. The van der Waals surface area contributed by atoms with E-state index in [1.165, 1.54) is 0 Å². The number of hydrogen-bond donors (Lipinski definition) is 0. The SMILES string of the molecule is Cc1ccc2c(c1)c(C(=O)N1CCC(Oc3ccc(Cl)cc3)CC1)cn2C. The molecule has 1 saturated heterocycles. The number of carbonyl (C=O) groups excluding carboxylic acids is 1. The number of ether oxygens (including phenoxy) is 1. The molecule has 0 spiro atoms. The van der Waals surface area contributed by atoms with Crippen LogP contribution in [0.5, 0.6) is 5.75 Å². The minimum Gasteiger partial charge on any atom is -0.490 e. The lowest BCUT2D eigenvalue weighted by Gasteiger charge is -2.32. The van der Waals surface area contributed by atoms with Crippen LogP contribution < -0.4 is 4.74 Å². The molecule has 1 fully saturated rings. The number of halogens is 1. The van der Waals surface area contributed by atoms with Crippen molar-refractivity contribution in [3.8, 4) is 5.75 Å². The van der Waals surface area contributed by atoms with E-state index in [0.29, 0.717) is 18.1 Å². The quantitative estimate of drug-likeness (QED) is 0.650. The summed E-state index contributed by atoms with van der Waals surface area (Å²) in [6, 6.07) is 13.7. The molecule has 2 aromatic carbocycles. The van der Waals surface area contributed by atoms with E-state index in [2.05, 4.69) is 25.1 Å². The van der Waals surface area contributed by atoms with Gasteiger partial charge in [0.1, 0.15) is 11.9 Å². The molecule has 140 valence electrons. The lowest BCUT2D eigenvalue weighted by molar-refractivity contribution is 0.0597. The zero-order chi connectivity index (χ0) is 19.0. The topological polar surface area (TPSA) is 34.5 Å². The molecular weight excluding hydrogens is 360 g/mol. The van der Waals surface area contributed by atoms with Crippen LogP contribution >= 0.6 is 11.6 Å². The summed E-state index contributed by atoms with van der Waals surface area (Å²) in [5.74, 6) is 0.935. The normalized spacial score (nSPS) is 15.3. The second-order valence-electron chi connectivity index (χ2n) is 7.24. The first-order chi connectivity index (χ1) is 13.0. The third kappa shape index (κ3) is 3.67. The number of benzene rings is 2. The Morgan fingerprint density at radius 2 is 1.81 bits per heavy atom. The number of carbonyl (C=O) groups is 1. The number of hydrogen-bond acceptors (Lipinski definition) is 2. The van der Waals surface area contributed by atoms with Crippen molar-refractivity contribution in [2.75, 3.05) is 13.1 Å². The van der Waals surface area contributed by atoms with Crippen molar-refractivity contribution < 1.29 is 9.53 Å². The first kappa shape index (κ1) is 17.9. The standard InChI is InChI=1S/C22H23ClN2O2/c1-15-3-8-21-19(13-15)20(14-24(21)2)22(26)25-11-9-18(10-12-25)27-17-6-4-16(23)5-7-17/h3-8,13-14,18H,9-12H2,1-2H3. The van der Waals surface area contributed by atoms with Gasteiger partial charge < -0.3 is 14.2 Å². The number of piperidine rings is 1. The van der Waals surface area contributed by atoms with Crippen LogP contribution in [0, 0.1) is 6.92 Å². The van der Waals surface area contributed by atoms with Gasteiger partial charge in [-0.2, -0.15) is 0 Å². The van der Waals surface area contributed by atoms with Crippen LogP contribution in [0.2, 0.25) is 5.02 Å². The molecule has 1 aliphatic rings. The van der Waals surface area contributed by atoms with Crippen molar-refractivity contribution >= 4 is 28.4 Å². The van der Waals surface area contributed by atoms with Crippen LogP contribution in [-0.2, 0) is 7.05 Å². The summed E-state index contributed by atoms with van der Waals surface area (Å²) < 4.78 is 8.06. The lowest BCUT2D eigenvalue weighted by atomic mass is 10.0. The van der Waals surface area contributed by atoms with Crippen LogP contribution in [-0.4, -0.2) is 34.6 Å². The van der Waals surface area contributed by atoms with Crippen molar-refractivity contribution in [3.63, 3.8) is 0 Å². The van der Waals surface area contributed by atoms with Crippen LogP contribution in [0.15, 0.2) is 48.7 Å². The average molecular weight is 383 g/mol. The van der Waals surface area contributed by atoms with E-state index in [1.807, 2.05) is 47.0 Å². The molecule has 5 heteroatoms. The Balaban J connectivity index is 1.44. The molecule has 2 heterocycles. The highest BCUT2D eigenvalue weighted by Crippen LogP contribution is 2.26. The van der Waals surface area contributed by atoms with Gasteiger partial charge in [0.25, 0.3) is 5.91 Å². The van der Waals surface area contributed by atoms with E-state index in [4.69, 9.17) is 16.3 Å². The Bertz CT molecular complexity index is 970. The van der Waals surface area contributed by atoms with E-state index < -0.39 is 0 Å². The van der Waals surface area contributed by atoms with Gasteiger partial charge in [0, 0.05) is 55.1 Å². The summed E-state index contributed by atoms with van der Waals surface area (Å²) in [5.41, 5.74) is 3.04. The maximum atomic E-state index is 13.1. The maximum absolute atomic E-state index is 13.1. The predicted octanol–water partition coefficient (Wildman–Crippen LogP) is 4.82. The van der Waals surface area contributed by atoms with Gasteiger partial charge in [-0.05, 0) is 43.3 Å². The Labute approximate surface area is 164 Å². The first-order valence-electron chi connectivity index (χ1n) is 9.28. The van der Waals surface area contributed by atoms with Crippen molar-refractivity contribution in [3.05, 3.63) is 64.8 Å². The fourth-order valence-electron chi connectivity index (χ4n) is 3.73. The van der Waals surface area contributed by atoms with Gasteiger partial charge in [-0.15, -0.1) is 0 Å². The minimum absolute atomic E-state index is 0.108. The first-order valence-corrected chi connectivity index (χ1v) is 9.66. The number of aryl methyl sites for hydroxylation is 2. The number of nitrogens with zero attached hydrogens (tertiary/aromatic N) is 2. The second-order valence-corrected chi connectivity index (χ2v) is 7.67. The Hall–Kier alpha value is -2.46. The van der Waals surface area contributed by atoms with Crippen molar-refractivity contribution in [2.24, 2.45) is 7.05 Å². The van der Waals surface area contributed by atoms with Crippen molar-refractivity contribution in [1.29, 1.82) is 0 Å². The number of amides is 1. The summed E-state index contributed by atoms with van der Waals surface area (Å²) in [7, 11) is 1.99. The number of fused-ring (bicyclic) bond motifs is 1. The van der Waals surface area contributed by atoms with E-state index in [1.54, 1.807) is 0 Å². The molecule has 0 atom stereocenters. The average Bonchev–Trinajstić information content (AvgIpc) is 2.99. The minimum atomic E-state index is 0.108. The molecule has 3 aromatic rings. The van der Waals surface area contributed by atoms with Crippen LogP contribution in [0.1, 0.15) is 28.8 Å². The maximum Gasteiger partial charge on any atom is 0.256 e. The Morgan fingerprint density at radius 3 is 2.52 bits per heavy atom. The van der Waals surface area contributed by atoms with Gasteiger partial charge in [-0.3, -0.25) is 4.79 Å². The van der Waals surface area contributed by atoms with Gasteiger partial charge in [0.05, 0.1) is 5.56 Å². The summed E-state index contributed by atoms with van der Waals surface area (Å²) in [5, 5.41) is 1.73. The second kappa shape index (κ2) is 7.28. The van der Waals surface area contributed by atoms with E-state index in [0.717, 1.165) is 40.6 Å². The molecule has 0 unspecified atom stereocenters. The third-order valence-corrected chi connectivity index (χ3v) is 5.47. The van der Waals surface area contributed by atoms with Gasteiger partial charge in [-0.1, -0.05) is 23.2 Å². The number of likely N-dealkylation sites (tertiary alicyclic amines) is 1. The molecule has 1 amide bonds. The molecule has 0 N–H and O–H groups in total. The monoisotopic (exact) mass is 382 g/mol. The zero-order valence-electron chi connectivity index (χ0n) is 15.6. The lowest BCUT2D eigenvalue weighted by Crippen LogP contribution is -2.41. The molecule has 0 aliphatic carbocycles. The van der Waals surface area contributed by atoms with Gasteiger partial charge >= 0.3 is 0 Å². The zero-order valence-corrected chi connectivity index (χ0v) is 16.4. The predicted molar refractivity (Wildman–Crippen MR) is 109 cm³/mol. The third-order valence-electron chi connectivity index (χ3n) is 5.22. The molecule has 0 radical (unpaired) electrons. The molecule has 4 nitrogen and oxygen atoms in total. The molecule has 4 rings (SSSR count). The fourth-order valence-corrected chi connectivity index (χ4v) is 3.86. The smallest absolute Gasteiger partial charge is 0.256 e. The van der Waals surface area contributed by atoms with Crippen LogP contribution in [0.25, 0.3) is 10.9 Å². The number of rotatable bonds is 3. The summed E-state index contributed by atoms with van der Waals surface area (Å²) in [6.45, 7) is 3.47. The fraction of sp³-hybridized carbons (Fsp3) is 0.318. The van der Waals surface area contributed by atoms with Gasteiger partial charge in [-0.25, -0.2) is 0 Å². The highest BCUT2D eigenvalue weighted by molar-refractivity contribution is 6.30. The molecule has 1 aromatic heterocycles. The van der Waals surface area contributed by atoms with Crippen LogP contribution in [0.4, 0.5) is 0 Å². The van der Waals surface area contributed by atoms with E-state index in [-0.39, 0.29) is 12.0 Å². The van der Waals surface area contributed by atoms with E-state index >= 15 is 0 Å². The van der Waals surface area contributed by atoms with Gasteiger partial charge in [0.15, 0.2) is 0 Å². The Morgan fingerprint density at radius 1 is 1.11 bits per heavy atom. The summed E-state index contributed by atoms with van der Waals surface area (Å²) >= 11 is 5.92. The molecular formula is C22H23ClN2O2. The van der Waals surface area contributed by atoms with Crippen molar-refractivity contribution in [1.82, 2.24) is 9.47 Å². The van der Waals surface area contributed by atoms with E-state index in [9.17, 15) is 4.79 Å². The molecule has 0 bridgehead atoms. The summed E-state index contributed by atoms with van der Waals surface area (Å²) in [6.07, 6.45) is 3.74. The summed E-state index contributed by atoms with van der Waals surface area (Å²) in [4.78, 5) is 15.0. The molecule has 1 aliphatic heterocycles. The van der Waals surface area contributed by atoms with Gasteiger partial charge in [0.2, 0.25) is 0 Å². The van der Waals surface area contributed by atoms with Crippen LogP contribution in [0.3, 0.4) is 0 Å². The van der Waals surface area contributed by atoms with Crippen molar-refractivity contribution in [2.45, 2.75) is 25.9 Å². The molecule has 0 saturated carbocycles. The largest absolute Gasteiger partial charge is 0.490 e. The number of aromatic nitrogens is 1.